The van der Waals surface area contributed by atoms with Gasteiger partial charge in [0.2, 0.25) is 5.91 Å². The molecule has 2 rings (SSSR count). The largest absolute Gasteiger partial charge is 0.497 e. The van der Waals surface area contributed by atoms with Gasteiger partial charge in [0, 0.05) is 11.5 Å². The second-order valence-electron chi connectivity index (χ2n) is 5.71. The maximum absolute atomic E-state index is 12.3. The van der Waals surface area contributed by atoms with Crippen LogP contribution in [0.4, 0.5) is 11.5 Å². The lowest BCUT2D eigenvalue weighted by Crippen LogP contribution is -2.19. The monoisotopic (exact) mass is 327 g/mol. The average molecular weight is 327 g/mol. The number of ether oxygens (including phenoxy) is 1. The quantitative estimate of drug-likeness (QED) is 0.883. The smallest absolute Gasteiger partial charge is 0.255 e. The fraction of sp³-hybridized carbons (Fsp3) is 0.278. The van der Waals surface area contributed by atoms with E-state index in [1.807, 2.05) is 20.8 Å². The second kappa shape index (κ2) is 7.59. The van der Waals surface area contributed by atoms with Crippen molar-refractivity contribution in [3.63, 3.8) is 0 Å². The Bertz CT molecular complexity index is 757. The number of pyridine rings is 1. The minimum atomic E-state index is -0.252. The highest BCUT2D eigenvalue weighted by molar-refractivity contribution is 6.05. The van der Waals surface area contributed by atoms with Gasteiger partial charge in [-0.25, -0.2) is 4.98 Å². The average Bonchev–Trinajstić information content (AvgIpc) is 2.57. The van der Waals surface area contributed by atoms with Crippen LogP contribution >= 0.6 is 0 Å². The van der Waals surface area contributed by atoms with Gasteiger partial charge in [-0.3, -0.25) is 9.59 Å². The Morgan fingerprint density at radius 3 is 2.54 bits per heavy atom. The maximum atomic E-state index is 12.3. The molecule has 0 saturated carbocycles. The molecular weight excluding hydrogens is 306 g/mol. The highest BCUT2D eigenvalue weighted by Crippen LogP contribution is 2.19. The SMILES string of the molecule is COc1cccc(C(=O)Nc2cnc(NC(=O)C(C)C)cc2C)c1. The molecule has 0 fully saturated rings. The van der Waals surface area contributed by atoms with Gasteiger partial charge in [-0.2, -0.15) is 0 Å². The first kappa shape index (κ1) is 17.5. The summed E-state index contributed by atoms with van der Waals surface area (Å²) >= 11 is 0. The Balaban J connectivity index is 2.12. The molecule has 0 unspecified atom stereocenters. The number of anilines is 2. The van der Waals surface area contributed by atoms with Crippen molar-refractivity contribution in [3.8, 4) is 5.75 Å². The van der Waals surface area contributed by atoms with Crippen LogP contribution in [0.1, 0.15) is 29.8 Å². The number of carbonyl (C=O) groups excluding carboxylic acids is 2. The number of carbonyl (C=O) groups is 2. The summed E-state index contributed by atoms with van der Waals surface area (Å²) < 4.78 is 5.12. The molecular formula is C18H21N3O3. The molecule has 1 aromatic heterocycles. The number of rotatable bonds is 5. The number of hydrogen-bond donors (Lipinski definition) is 2. The van der Waals surface area contributed by atoms with Crippen molar-refractivity contribution < 1.29 is 14.3 Å². The number of nitrogens with one attached hydrogen (secondary N) is 2. The molecule has 1 aromatic carbocycles. The van der Waals surface area contributed by atoms with Gasteiger partial charge in [0.1, 0.15) is 11.6 Å². The number of methoxy groups -OCH3 is 1. The van der Waals surface area contributed by atoms with Crippen LogP contribution in [0, 0.1) is 12.8 Å². The minimum Gasteiger partial charge on any atom is -0.497 e. The van der Waals surface area contributed by atoms with Gasteiger partial charge in [0.15, 0.2) is 0 Å². The van der Waals surface area contributed by atoms with E-state index < -0.39 is 0 Å². The minimum absolute atomic E-state index is 0.102. The Kier molecular flexibility index (Phi) is 5.52. The van der Waals surface area contributed by atoms with Gasteiger partial charge in [0.25, 0.3) is 5.91 Å². The molecule has 0 aliphatic heterocycles. The van der Waals surface area contributed by atoms with E-state index in [2.05, 4.69) is 15.6 Å². The van der Waals surface area contributed by atoms with Crippen LogP contribution in [0.25, 0.3) is 0 Å². The lowest BCUT2D eigenvalue weighted by molar-refractivity contribution is -0.118. The first-order valence-corrected chi connectivity index (χ1v) is 7.63. The van der Waals surface area contributed by atoms with Gasteiger partial charge in [-0.1, -0.05) is 19.9 Å². The molecule has 126 valence electrons. The molecule has 0 aliphatic rings. The standard InChI is InChI=1S/C18H21N3O3/c1-11(2)17(22)21-16-8-12(3)15(10-19-16)20-18(23)13-6-5-7-14(9-13)24-4/h5-11H,1-4H3,(H,20,23)(H,19,21,22). The van der Waals surface area contributed by atoms with Crippen molar-refractivity contribution >= 4 is 23.3 Å². The van der Waals surface area contributed by atoms with Crippen molar-refractivity contribution in [2.24, 2.45) is 5.92 Å². The Morgan fingerprint density at radius 1 is 1.17 bits per heavy atom. The second-order valence-corrected chi connectivity index (χ2v) is 5.71. The van der Waals surface area contributed by atoms with Gasteiger partial charge in [0.05, 0.1) is 19.0 Å². The summed E-state index contributed by atoms with van der Waals surface area (Å²) in [6.07, 6.45) is 1.53. The molecule has 1 heterocycles. The lowest BCUT2D eigenvalue weighted by Gasteiger charge is -2.11. The summed E-state index contributed by atoms with van der Waals surface area (Å²) in [6.45, 7) is 5.46. The molecule has 0 atom stereocenters. The summed E-state index contributed by atoms with van der Waals surface area (Å²) in [5.41, 5.74) is 1.89. The molecule has 0 aliphatic carbocycles. The third-order valence-corrected chi connectivity index (χ3v) is 3.47. The number of amides is 2. The number of hydrogen-bond acceptors (Lipinski definition) is 4. The van der Waals surface area contributed by atoms with Crippen molar-refractivity contribution in [3.05, 3.63) is 47.7 Å². The van der Waals surface area contributed by atoms with Crippen LogP contribution in [0.3, 0.4) is 0 Å². The molecule has 0 bridgehead atoms. The van der Waals surface area contributed by atoms with E-state index in [1.54, 1.807) is 37.4 Å². The Labute approximate surface area is 141 Å². The number of nitrogens with zero attached hydrogens (tertiary/aromatic N) is 1. The van der Waals surface area contributed by atoms with E-state index >= 15 is 0 Å². The Morgan fingerprint density at radius 2 is 1.92 bits per heavy atom. The fourth-order valence-electron chi connectivity index (χ4n) is 1.98. The summed E-state index contributed by atoms with van der Waals surface area (Å²) in [6, 6.07) is 8.62. The molecule has 2 N–H and O–H groups in total. The normalized spacial score (nSPS) is 10.4. The van der Waals surface area contributed by atoms with E-state index in [-0.39, 0.29) is 17.7 Å². The van der Waals surface area contributed by atoms with E-state index in [0.717, 1.165) is 5.56 Å². The van der Waals surface area contributed by atoms with Crippen molar-refractivity contribution in [2.45, 2.75) is 20.8 Å². The van der Waals surface area contributed by atoms with Crippen molar-refractivity contribution in [1.29, 1.82) is 0 Å². The zero-order chi connectivity index (χ0) is 17.7. The zero-order valence-corrected chi connectivity index (χ0v) is 14.2. The van der Waals surface area contributed by atoms with Crippen LogP contribution in [-0.4, -0.2) is 23.9 Å². The molecule has 2 aromatic rings. The first-order chi connectivity index (χ1) is 11.4. The first-order valence-electron chi connectivity index (χ1n) is 7.63. The number of aromatic nitrogens is 1. The third-order valence-electron chi connectivity index (χ3n) is 3.47. The van der Waals surface area contributed by atoms with E-state index in [9.17, 15) is 9.59 Å². The summed E-state index contributed by atoms with van der Waals surface area (Å²) in [5.74, 6) is 0.599. The van der Waals surface area contributed by atoms with Gasteiger partial charge in [-0.05, 0) is 36.8 Å². The Hall–Kier alpha value is -2.89. The van der Waals surface area contributed by atoms with E-state index in [4.69, 9.17) is 4.74 Å². The van der Waals surface area contributed by atoms with Crippen LogP contribution in [-0.2, 0) is 4.79 Å². The van der Waals surface area contributed by atoms with Crippen LogP contribution in [0.15, 0.2) is 36.5 Å². The van der Waals surface area contributed by atoms with Gasteiger partial charge >= 0.3 is 0 Å². The topological polar surface area (TPSA) is 80.3 Å². The highest BCUT2D eigenvalue weighted by atomic mass is 16.5. The van der Waals surface area contributed by atoms with Crippen LogP contribution in [0.2, 0.25) is 0 Å². The fourth-order valence-corrected chi connectivity index (χ4v) is 1.98. The van der Waals surface area contributed by atoms with Crippen LogP contribution < -0.4 is 15.4 Å². The van der Waals surface area contributed by atoms with Gasteiger partial charge in [-0.15, -0.1) is 0 Å². The highest BCUT2D eigenvalue weighted by Gasteiger charge is 2.12. The molecule has 6 nitrogen and oxygen atoms in total. The molecule has 0 radical (unpaired) electrons. The third kappa shape index (κ3) is 4.32. The maximum Gasteiger partial charge on any atom is 0.255 e. The van der Waals surface area contributed by atoms with Gasteiger partial charge < -0.3 is 15.4 Å². The van der Waals surface area contributed by atoms with Crippen LogP contribution in [0.5, 0.6) is 5.75 Å². The molecule has 0 saturated heterocycles. The van der Waals surface area contributed by atoms with Crippen molar-refractivity contribution in [2.75, 3.05) is 17.7 Å². The van der Waals surface area contributed by atoms with Crippen molar-refractivity contribution in [1.82, 2.24) is 4.98 Å². The predicted octanol–water partition coefficient (Wildman–Crippen LogP) is 3.25. The van der Waals surface area contributed by atoms with E-state index in [1.165, 1.54) is 6.20 Å². The molecule has 24 heavy (non-hydrogen) atoms. The number of aryl methyl sites for hydroxylation is 1. The number of benzene rings is 1. The molecule has 0 spiro atoms. The zero-order valence-electron chi connectivity index (χ0n) is 14.2. The summed E-state index contributed by atoms with van der Waals surface area (Å²) in [5, 5.41) is 5.54. The molecule has 2 amide bonds. The molecule has 6 heteroatoms. The lowest BCUT2D eigenvalue weighted by atomic mass is 10.1. The van der Waals surface area contributed by atoms with E-state index in [0.29, 0.717) is 22.8 Å². The summed E-state index contributed by atoms with van der Waals surface area (Å²) in [4.78, 5) is 28.2. The summed E-state index contributed by atoms with van der Waals surface area (Å²) in [7, 11) is 1.55. The predicted molar refractivity (Wildman–Crippen MR) is 93.4 cm³/mol.